The fourth-order valence-electron chi connectivity index (χ4n) is 1.78. The zero-order valence-electron chi connectivity index (χ0n) is 11.0. The molecule has 3 nitrogen and oxygen atoms in total. The van der Waals surface area contributed by atoms with Gasteiger partial charge in [0.15, 0.2) is 0 Å². The molecule has 0 aliphatic rings. The van der Waals surface area contributed by atoms with Crippen LogP contribution in [-0.4, -0.2) is 5.91 Å². The van der Waals surface area contributed by atoms with Crippen LogP contribution in [-0.2, 0) is 6.42 Å². The number of nitrogens with one attached hydrogen (secondary N) is 1. The first-order valence-corrected chi connectivity index (χ1v) is 6.24. The summed E-state index contributed by atoms with van der Waals surface area (Å²) in [6.07, 6.45) is 0.908. The molecular formula is C16H13FN2O. The first kappa shape index (κ1) is 13.8. The molecule has 2 aromatic rings. The van der Waals surface area contributed by atoms with Crippen LogP contribution in [0.4, 0.5) is 10.1 Å². The van der Waals surface area contributed by atoms with E-state index in [2.05, 4.69) is 5.32 Å². The van der Waals surface area contributed by atoms with Crippen molar-refractivity contribution >= 4 is 11.6 Å². The molecule has 1 N–H and O–H groups in total. The van der Waals surface area contributed by atoms with Gasteiger partial charge in [-0.2, -0.15) is 5.26 Å². The van der Waals surface area contributed by atoms with Gasteiger partial charge in [0.1, 0.15) is 11.9 Å². The Labute approximate surface area is 116 Å². The molecule has 0 aromatic heterocycles. The third-order valence-corrected chi connectivity index (χ3v) is 2.97. The zero-order chi connectivity index (χ0) is 14.5. The van der Waals surface area contributed by atoms with Gasteiger partial charge in [-0.1, -0.05) is 19.1 Å². The predicted molar refractivity (Wildman–Crippen MR) is 74.9 cm³/mol. The largest absolute Gasteiger partial charge is 0.322 e. The summed E-state index contributed by atoms with van der Waals surface area (Å²) >= 11 is 0. The molecule has 0 aliphatic heterocycles. The maximum absolute atomic E-state index is 13.2. The van der Waals surface area contributed by atoms with Crippen molar-refractivity contribution < 1.29 is 9.18 Å². The smallest absolute Gasteiger partial charge is 0.255 e. The Hall–Kier alpha value is -2.67. The summed E-state index contributed by atoms with van der Waals surface area (Å²) in [5, 5.41) is 11.4. The van der Waals surface area contributed by atoms with Gasteiger partial charge in [-0.05, 0) is 42.3 Å². The van der Waals surface area contributed by atoms with Crippen molar-refractivity contribution in [3.63, 3.8) is 0 Å². The summed E-state index contributed by atoms with van der Waals surface area (Å²) in [6, 6.07) is 12.9. The number of nitriles is 1. The molecule has 2 rings (SSSR count). The highest BCUT2D eigenvalue weighted by Gasteiger charge is 2.08. The van der Waals surface area contributed by atoms with E-state index >= 15 is 0 Å². The van der Waals surface area contributed by atoms with Gasteiger partial charge in [0.25, 0.3) is 5.91 Å². The average molecular weight is 268 g/mol. The molecular weight excluding hydrogens is 255 g/mol. The summed E-state index contributed by atoms with van der Waals surface area (Å²) < 4.78 is 13.2. The highest BCUT2D eigenvalue weighted by Crippen LogP contribution is 2.15. The van der Waals surface area contributed by atoms with Crippen molar-refractivity contribution in [2.24, 2.45) is 0 Å². The molecule has 0 atom stereocenters. The number of nitrogens with zero attached hydrogens (tertiary/aromatic N) is 1. The molecule has 4 heteroatoms. The van der Waals surface area contributed by atoms with Crippen LogP contribution in [0.1, 0.15) is 28.4 Å². The van der Waals surface area contributed by atoms with E-state index in [0.29, 0.717) is 11.3 Å². The van der Waals surface area contributed by atoms with Crippen LogP contribution < -0.4 is 5.32 Å². The molecule has 0 unspecified atom stereocenters. The number of amides is 1. The molecule has 0 bridgehead atoms. The van der Waals surface area contributed by atoms with E-state index in [1.807, 2.05) is 19.1 Å². The molecule has 0 saturated carbocycles. The van der Waals surface area contributed by atoms with Gasteiger partial charge in [-0.15, -0.1) is 0 Å². The fraction of sp³-hybridized carbons (Fsp3) is 0.125. The van der Waals surface area contributed by atoms with E-state index in [1.54, 1.807) is 18.2 Å². The van der Waals surface area contributed by atoms with Crippen LogP contribution in [0.5, 0.6) is 0 Å². The van der Waals surface area contributed by atoms with Crippen LogP contribution in [0.25, 0.3) is 0 Å². The number of hydrogen-bond acceptors (Lipinski definition) is 2. The Morgan fingerprint density at radius 2 is 1.95 bits per heavy atom. The molecule has 0 aliphatic carbocycles. The number of anilines is 1. The third-order valence-electron chi connectivity index (χ3n) is 2.97. The van der Waals surface area contributed by atoms with Gasteiger partial charge in [-0.25, -0.2) is 4.39 Å². The number of aryl methyl sites for hydroxylation is 1. The first-order chi connectivity index (χ1) is 9.63. The van der Waals surface area contributed by atoms with Gasteiger partial charge in [-0.3, -0.25) is 4.79 Å². The lowest BCUT2D eigenvalue weighted by molar-refractivity contribution is 0.102. The van der Waals surface area contributed by atoms with Crippen LogP contribution in [0, 0.1) is 17.1 Å². The van der Waals surface area contributed by atoms with Crippen molar-refractivity contribution in [1.29, 1.82) is 5.26 Å². The maximum Gasteiger partial charge on any atom is 0.255 e. The molecule has 1 amide bonds. The van der Waals surface area contributed by atoms with Crippen molar-refractivity contribution in [2.45, 2.75) is 13.3 Å². The van der Waals surface area contributed by atoms with Gasteiger partial charge in [0, 0.05) is 11.3 Å². The topological polar surface area (TPSA) is 52.9 Å². The minimum absolute atomic E-state index is 0.0934. The van der Waals surface area contributed by atoms with Gasteiger partial charge in [0.2, 0.25) is 0 Å². The molecule has 0 radical (unpaired) electrons. The summed E-state index contributed by atoms with van der Waals surface area (Å²) in [5.41, 5.74) is 1.97. The van der Waals surface area contributed by atoms with E-state index in [-0.39, 0.29) is 11.5 Å². The first-order valence-electron chi connectivity index (χ1n) is 6.24. The molecule has 0 spiro atoms. The molecule has 20 heavy (non-hydrogen) atoms. The van der Waals surface area contributed by atoms with E-state index in [4.69, 9.17) is 5.26 Å². The molecule has 0 saturated heterocycles. The lowest BCUT2D eigenvalue weighted by Crippen LogP contribution is -2.12. The summed E-state index contributed by atoms with van der Waals surface area (Å²) in [4.78, 5) is 12.0. The van der Waals surface area contributed by atoms with Crippen molar-refractivity contribution in [1.82, 2.24) is 0 Å². The number of rotatable bonds is 3. The van der Waals surface area contributed by atoms with Crippen LogP contribution in [0.15, 0.2) is 42.5 Å². The minimum atomic E-state index is -0.599. The van der Waals surface area contributed by atoms with Gasteiger partial charge in [0.05, 0.1) is 5.56 Å². The standard InChI is InChI=1S/C16H13FN2O/c1-2-11-3-5-12(6-4-11)16(20)19-14-7-8-15(17)13(9-14)10-18/h3-9H,2H2,1H3,(H,19,20). The lowest BCUT2D eigenvalue weighted by Gasteiger charge is -2.06. The van der Waals surface area contributed by atoms with Crippen molar-refractivity contribution in [3.05, 3.63) is 65.0 Å². The highest BCUT2D eigenvalue weighted by atomic mass is 19.1. The summed E-state index contributed by atoms with van der Waals surface area (Å²) in [7, 11) is 0. The Balaban J connectivity index is 2.17. The Bertz CT molecular complexity index is 672. The monoisotopic (exact) mass is 268 g/mol. The number of carbonyl (C=O) groups excluding carboxylic acids is 1. The number of hydrogen-bond donors (Lipinski definition) is 1. The van der Waals surface area contributed by atoms with Gasteiger partial charge >= 0.3 is 0 Å². The third kappa shape index (κ3) is 3.01. The van der Waals surface area contributed by atoms with Crippen molar-refractivity contribution in [2.75, 3.05) is 5.32 Å². The van der Waals surface area contributed by atoms with E-state index in [9.17, 15) is 9.18 Å². The predicted octanol–water partition coefficient (Wildman–Crippen LogP) is 3.51. The quantitative estimate of drug-likeness (QED) is 0.926. The van der Waals surface area contributed by atoms with Crippen LogP contribution in [0.3, 0.4) is 0 Å². The van der Waals surface area contributed by atoms with Crippen molar-refractivity contribution in [3.8, 4) is 6.07 Å². The van der Waals surface area contributed by atoms with E-state index < -0.39 is 5.82 Å². The number of carbonyl (C=O) groups is 1. The minimum Gasteiger partial charge on any atom is -0.322 e. The number of halogens is 1. The lowest BCUT2D eigenvalue weighted by atomic mass is 10.1. The Kier molecular flexibility index (Phi) is 4.11. The summed E-state index contributed by atoms with van der Waals surface area (Å²) in [5.74, 6) is -0.888. The Morgan fingerprint density at radius 3 is 2.55 bits per heavy atom. The van der Waals surface area contributed by atoms with Crippen LogP contribution >= 0.6 is 0 Å². The maximum atomic E-state index is 13.2. The van der Waals surface area contributed by atoms with Crippen LogP contribution in [0.2, 0.25) is 0 Å². The average Bonchev–Trinajstić information content (AvgIpc) is 2.49. The molecule has 100 valence electrons. The molecule has 0 heterocycles. The zero-order valence-corrected chi connectivity index (χ0v) is 11.0. The molecule has 0 fully saturated rings. The highest BCUT2D eigenvalue weighted by molar-refractivity contribution is 6.04. The second kappa shape index (κ2) is 5.98. The summed E-state index contributed by atoms with van der Waals surface area (Å²) in [6.45, 7) is 2.04. The second-order valence-corrected chi connectivity index (χ2v) is 4.31. The van der Waals surface area contributed by atoms with E-state index in [0.717, 1.165) is 18.1 Å². The fourth-order valence-corrected chi connectivity index (χ4v) is 1.78. The number of benzene rings is 2. The van der Waals surface area contributed by atoms with Gasteiger partial charge < -0.3 is 5.32 Å². The Morgan fingerprint density at radius 1 is 1.25 bits per heavy atom. The molecule has 2 aromatic carbocycles. The SMILES string of the molecule is CCc1ccc(C(=O)Nc2ccc(F)c(C#N)c2)cc1. The second-order valence-electron chi connectivity index (χ2n) is 4.31. The van der Waals surface area contributed by atoms with E-state index in [1.165, 1.54) is 12.1 Å². The normalized spacial score (nSPS) is 9.85.